The van der Waals surface area contributed by atoms with Crippen molar-refractivity contribution >= 4 is 46.4 Å². The van der Waals surface area contributed by atoms with Crippen molar-refractivity contribution in [1.29, 1.82) is 0 Å². The summed E-state index contributed by atoms with van der Waals surface area (Å²) in [6.45, 7) is 3.66. The van der Waals surface area contributed by atoms with Crippen LogP contribution in [0.5, 0.6) is 5.75 Å². The van der Waals surface area contributed by atoms with Crippen molar-refractivity contribution < 1.29 is 9.53 Å². The predicted molar refractivity (Wildman–Crippen MR) is 119 cm³/mol. The molecule has 1 aliphatic rings. The molecule has 0 aliphatic carbocycles. The molecule has 2 heterocycles. The van der Waals surface area contributed by atoms with E-state index in [9.17, 15) is 4.79 Å². The molecule has 0 saturated carbocycles. The number of piperidine rings is 1. The van der Waals surface area contributed by atoms with Crippen LogP contribution in [0.15, 0.2) is 24.5 Å². The third-order valence-corrected chi connectivity index (χ3v) is 5.16. The molecule has 11 heteroatoms. The van der Waals surface area contributed by atoms with E-state index in [1.54, 1.807) is 12.1 Å². The third kappa shape index (κ3) is 6.51. The van der Waals surface area contributed by atoms with E-state index in [-0.39, 0.29) is 6.61 Å². The highest BCUT2D eigenvalue weighted by molar-refractivity contribution is 6.35. The molecule has 1 aromatic heterocycles. The maximum absolute atomic E-state index is 12.0. The largest absolute Gasteiger partial charge is 0.482 e. The number of hydrazine groups is 1. The van der Waals surface area contributed by atoms with E-state index in [2.05, 4.69) is 31.0 Å². The van der Waals surface area contributed by atoms with Gasteiger partial charge in [0.25, 0.3) is 5.91 Å². The fourth-order valence-electron chi connectivity index (χ4n) is 3.05. The Kier molecular flexibility index (Phi) is 8.18. The maximum atomic E-state index is 12.0. The van der Waals surface area contributed by atoms with Gasteiger partial charge in [-0.15, -0.1) is 0 Å². The van der Waals surface area contributed by atoms with Gasteiger partial charge in [-0.3, -0.25) is 15.6 Å². The number of rotatable bonds is 9. The molecule has 0 atom stereocenters. The van der Waals surface area contributed by atoms with E-state index < -0.39 is 5.91 Å². The van der Waals surface area contributed by atoms with Crippen molar-refractivity contribution in [1.82, 2.24) is 20.3 Å². The number of aromatic nitrogens is 2. The van der Waals surface area contributed by atoms with Gasteiger partial charge in [-0.1, -0.05) is 29.6 Å². The van der Waals surface area contributed by atoms with Crippen LogP contribution in [0.1, 0.15) is 19.3 Å². The second-order valence-corrected chi connectivity index (χ2v) is 7.69. The standard InChI is InChI=1S/C19H25Cl2N7O2/c20-13-4-5-15(14(21)10-13)30-11-16(29)26-27-19-17(22)18(24-12-25-19)23-6-9-28-7-2-1-3-8-28/h4-5,10,12H,1-3,6-9,11,22H2,(H,26,29)(H2,23,24,25,27). The molecule has 1 fully saturated rings. The number of nitrogens with one attached hydrogen (secondary N) is 3. The van der Waals surface area contributed by atoms with Crippen LogP contribution in [-0.2, 0) is 4.79 Å². The first-order valence-electron chi connectivity index (χ1n) is 9.72. The summed E-state index contributed by atoms with van der Waals surface area (Å²) in [4.78, 5) is 22.7. The number of anilines is 3. The number of hydrogen-bond acceptors (Lipinski definition) is 8. The number of nitrogens with zero attached hydrogens (tertiary/aromatic N) is 3. The molecule has 0 bridgehead atoms. The zero-order valence-electron chi connectivity index (χ0n) is 16.5. The van der Waals surface area contributed by atoms with Crippen molar-refractivity contribution in [2.45, 2.75) is 19.3 Å². The van der Waals surface area contributed by atoms with E-state index in [1.807, 2.05) is 0 Å². The highest BCUT2D eigenvalue weighted by Crippen LogP contribution is 2.27. The smallest absolute Gasteiger partial charge is 0.276 e. The molecular formula is C19H25Cl2N7O2. The van der Waals surface area contributed by atoms with Gasteiger partial charge >= 0.3 is 0 Å². The lowest BCUT2D eigenvalue weighted by molar-refractivity contribution is -0.122. The Morgan fingerprint density at radius 2 is 1.93 bits per heavy atom. The Morgan fingerprint density at radius 1 is 1.17 bits per heavy atom. The van der Waals surface area contributed by atoms with Gasteiger partial charge in [0.2, 0.25) is 0 Å². The van der Waals surface area contributed by atoms with E-state index >= 15 is 0 Å². The molecule has 2 aromatic rings. The summed E-state index contributed by atoms with van der Waals surface area (Å²) in [7, 11) is 0. The van der Waals surface area contributed by atoms with Gasteiger partial charge in [-0.2, -0.15) is 0 Å². The Hall–Kier alpha value is -2.49. The summed E-state index contributed by atoms with van der Waals surface area (Å²) >= 11 is 11.9. The van der Waals surface area contributed by atoms with Crippen molar-refractivity contribution in [2.75, 3.05) is 49.3 Å². The number of ether oxygens (including phenoxy) is 1. The first kappa shape index (κ1) is 22.2. The molecule has 162 valence electrons. The minimum atomic E-state index is -0.432. The number of carbonyl (C=O) groups excluding carboxylic acids is 1. The average Bonchev–Trinajstić information content (AvgIpc) is 2.74. The van der Waals surface area contributed by atoms with Gasteiger partial charge in [-0.05, 0) is 44.1 Å². The molecule has 0 radical (unpaired) electrons. The monoisotopic (exact) mass is 453 g/mol. The zero-order valence-corrected chi connectivity index (χ0v) is 18.0. The fourth-order valence-corrected chi connectivity index (χ4v) is 3.52. The summed E-state index contributed by atoms with van der Waals surface area (Å²) in [5.74, 6) is 0.739. The fraction of sp³-hybridized carbons (Fsp3) is 0.421. The van der Waals surface area contributed by atoms with Gasteiger partial charge in [0.15, 0.2) is 18.2 Å². The molecule has 9 nitrogen and oxygen atoms in total. The Balaban J connectivity index is 1.45. The topological polar surface area (TPSA) is 117 Å². The SMILES string of the molecule is Nc1c(NCCN2CCCCC2)ncnc1NNC(=O)COc1ccc(Cl)cc1Cl. The van der Waals surface area contributed by atoms with Crippen molar-refractivity contribution in [3.05, 3.63) is 34.6 Å². The highest BCUT2D eigenvalue weighted by Gasteiger charge is 2.12. The van der Waals surface area contributed by atoms with E-state index in [0.29, 0.717) is 33.1 Å². The lowest BCUT2D eigenvalue weighted by atomic mass is 10.1. The summed E-state index contributed by atoms with van der Waals surface area (Å²) in [5, 5.41) is 4.03. The number of halogens is 2. The molecule has 0 spiro atoms. The number of benzene rings is 1. The number of nitrogen functional groups attached to an aromatic ring is 1. The Labute approximate surface area is 185 Å². The summed E-state index contributed by atoms with van der Waals surface area (Å²) < 4.78 is 5.38. The zero-order chi connectivity index (χ0) is 21.3. The van der Waals surface area contributed by atoms with E-state index in [0.717, 1.165) is 26.2 Å². The van der Waals surface area contributed by atoms with E-state index in [1.165, 1.54) is 31.7 Å². The van der Waals surface area contributed by atoms with Crippen molar-refractivity contribution in [2.24, 2.45) is 0 Å². The summed E-state index contributed by atoms with van der Waals surface area (Å²) in [6, 6.07) is 4.76. The Morgan fingerprint density at radius 3 is 2.70 bits per heavy atom. The molecule has 1 aliphatic heterocycles. The Bertz CT molecular complexity index is 863. The van der Waals surface area contributed by atoms with Crippen molar-refractivity contribution in [3.8, 4) is 5.75 Å². The summed E-state index contributed by atoms with van der Waals surface area (Å²) in [5.41, 5.74) is 11.6. The van der Waals surface area contributed by atoms with Crippen LogP contribution in [-0.4, -0.2) is 53.6 Å². The number of likely N-dealkylation sites (tertiary alicyclic amines) is 1. The highest BCUT2D eigenvalue weighted by atomic mass is 35.5. The minimum Gasteiger partial charge on any atom is -0.482 e. The van der Waals surface area contributed by atoms with E-state index in [4.69, 9.17) is 33.7 Å². The average molecular weight is 454 g/mol. The second-order valence-electron chi connectivity index (χ2n) is 6.85. The van der Waals surface area contributed by atoms with Crippen molar-refractivity contribution in [3.63, 3.8) is 0 Å². The molecule has 5 N–H and O–H groups in total. The molecular weight excluding hydrogens is 429 g/mol. The summed E-state index contributed by atoms with van der Waals surface area (Å²) in [6.07, 6.45) is 5.17. The number of carbonyl (C=O) groups is 1. The van der Waals surface area contributed by atoms with Crippen LogP contribution in [0, 0.1) is 0 Å². The minimum absolute atomic E-state index is 0.250. The lowest BCUT2D eigenvalue weighted by Gasteiger charge is -2.26. The molecule has 0 unspecified atom stereocenters. The molecule has 3 rings (SSSR count). The molecule has 1 aromatic carbocycles. The predicted octanol–water partition coefficient (Wildman–Crippen LogP) is 2.79. The molecule has 1 saturated heterocycles. The van der Waals surface area contributed by atoms with Gasteiger partial charge in [-0.25, -0.2) is 9.97 Å². The normalized spacial score (nSPS) is 14.2. The van der Waals surface area contributed by atoms with Crippen LogP contribution < -0.4 is 26.6 Å². The van der Waals surface area contributed by atoms with Crippen LogP contribution >= 0.6 is 23.2 Å². The third-order valence-electron chi connectivity index (χ3n) is 4.63. The number of amides is 1. The first-order chi connectivity index (χ1) is 14.5. The number of nitrogens with two attached hydrogens (primary N) is 1. The van der Waals surface area contributed by atoms with Crippen LogP contribution in [0.3, 0.4) is 0 Å². The molecule has 30 heavy (non-hydrogen) atoms. The molecule has 1 amide bonds. The maximum Gasteiger partial charge on any atom is 0.276 e. The lowest BCUT2D eigenvalue weighted by Crippen LogP contribution is -2.35. The second kappa shape index (κ2) is 11.1. The van der Waals surface area contributed by atoms with Crippen LogP contribution in [0.2, 0.25) is 10.0 Å². The van der Waals surface area contributed by atoms with Crippen LogP contribution in [0.4, 0.5) is 17.3 Å². The van der Waals surface area contributed by atoms with Gasteiger partial charge in [0, 0.05) is 18.1 Å². The van der Waals surface area contributed by atoms with Crippen LogP contribution in [0.25, 0.3) is 0 Å². The van der Waals surface area contributed by atoms with Gasteiger partial charge < -0.3 is 20.7 Å². The number of hydrogen-bond donors (Lipinski definition) is 4. The first-order valence-corrected chi connectivity index (χ1v) is 10.5. The van der Waals surface area contributed by atoms with Gasteiger partial charge in [0.05, 0.1) is 5.02 Å². The quantitative estimate of drug-likeness (QED) is 0.428. The van der Waals surface area contributed by atoms with Gasteiger partial charge in [0.1, 0.15) is 17.8 Å².